The lowest BCUT2D eigenvalue weighted by molar-refractivity contribution is 0.0600. The van der Waals surface area contributed by atoms with E-state index < -0.39 is 5.97 Å². The number of benzene rings is 1. The first kappa shape index (κ1) is 12.7. The van der Waals surface area contributed by atoms with E-state index in [0.29, 0.717) is 16.5 Å². The first-order valence-corrected chi connectivity index (χ1v) is 6.00. The third-order valence-corrected chi connectivity index (χ3v) is 2.99. The number of esters is 1. The van der Waals surface area contributed by atoms with Gasteiger partial charge in [0.2, 0.25) is 0 Å². The molecule has 0 spiro atoms. The van der Waals surface area contributed by atoms with Gasteiger partial charge in [-0.1, -0.05) is 22.9 Å². The molecule has 0 bridgehead atoms. The quantitative estimate of drug-likeness (QED) is 0.632. The van der Waals surface area contributed by atoms with Crippen molar-refractivity contribution in [1.82, 2.24) is 0 Å². The van der Waals surface area contributed by atoms with Crippen molar-refractivity contribution in [2.24, 2.45) is 0 Å². The number of nitriles is 1. The fourth-order valence-corrected chi connectivity index (χ4v) is 2.04. The molecular formula is C12H12BrNO2. The Kier molecular flexibility index (Phi) is 4.51. The number of rotatable bonds is 3. The number of hydrogen-bond acceptors (Lipinski definition) is 3. The molecule has 0 radical (unpaired) electrons. The summed E-state index contributed by atoms with van der Waals surface area (Å²) in [6.45, 7) is 2.01. The normalized spacial score (nSPS) is 9.62. The smallest absolute Gasteiger partial charge is 0.339 e. The van der Waals surface area contributed by atoms with E-state index in [-0.39, 0.29) is 0 Å². The molecule has 1 aromatic rings. The van der Waals surface area contributed by atoms with E-state index in [4.69, 9.17) is 5.26 Å². The van der Waals surface area contributed by atoms with E-state index in [1.807, 2.05) is 13.0 Å². The van der Waals surface area contributed by atoms with E-state index in [1.165, 1.54) is 7.11 Å². The van der Waals surface area contributed by atoms with E-state index in [2.05, 4.69) is 20.7 Å². The molecule has 0 N–H and O–H groups in total. The van der Waals surface area contributed by atoms with E-state index in [1.54, 1.807) is 12.1 Å². The van der Waals surface area contributed by atoms with Gasteiger partial charge in [0.25, 0.3) is 0 Å². The van der Waals surface area contributed by atoms with Crippen LogP contribution in [-0.4, -0.2) is 13.1 Å². The third-order valence-electron chi connectivity index (χ3n) is 2.39. The minimum absolute atomic E-state index is 0.339. The average molecular weight is 282 g/mol. The van der Waals surface area contributed by atoms with Gasteiger partial charge in [-0.25, -0.2) is 4.79 Å². The van der Waals surface area contributed by atoms with Gasteiger partial charge in [0.1, 0.15) is 6.07 Å². The highest BCUT2D eigenvalue weighted by atomic mass is 79.9. The Labute approximate surface area is 103 Å². The van der Waals surface area contributed by atoms with Gasteiger partial charge in [-0.15, -0.1) is 0 Å². The molecule has 16 heavy (non-hydrogen) atoms. The lowest BCUT2D eigenvalue weighted by atomic mass is 9.98. The number of halogens is 1. The van der Waals surface area contributed by atoms with Crippen molar-refractivity contribution in [2.75, 3.05) is 7.11 Å². The molecule has 0 aromatic heterocycles. The van der Waals surface area contributed by atoms with Crippen LogP contribution in [0.15, 0.2) is 12.1 Å². The Bertz CT molecular complexity index is 449. The molecule has 0 heterocycles. The van der Waals surface area contributed by atoms with Crippen molar-refractivity contribution in [3.05, 3.63) is 34.4 Å². The second-order valence-corrected chi connectivity index (χ2v) is 3.82. The molecule has 1 rings (SSSR count). The van der Waals surface area contributed by atoms with Crippen LogP contribution in [-0.2, 0) is 16.5 Å². The van der Waals surface area contributed by atoms with Gasteiger partial charge in [0, 0.05) is 5.33 Å². The van der Waals surface area contributed by atoms with Crippen molar-refractivity contribution in [3.8, 4) is 6.07 Å². The minimum Gasteiger partial charge on any atom is -0.465 e. The van der Waals surface area contributed by atoms with Crippen molar-refractivity contribution < 1.29 is 9.53 Å². The van der Waals surface area contributed by atoms with Gasteiger partial charge in [0.15, 0.2) is 0 Å². The molecule has 0 aliphatic carbocycles. The van der Waals surface area contributed by atoms with Gasteiger partial charge in [-0.05, 0) is 29.7 Å². The summed E-state index contributed by atoms with van der Waals surface area (Å²) >= 11 is 3.37. The van der Waals surface area contributed by atoms with Gasteiger partial charge in [-0.2, -0.15) is 5.26 Å². The molecule has 0 unspecified atom stereocenters. The number of methoxy groups -OCH3 is 1. The predicted molar refractivity (Wildman–Crippen MR) is 64.5 cm³/mol. The summed E-state index contributed by atoms with van der Waals surface area (Å²) in [6.07, 6.45) is 0.816. The summed E-state index contributed by atoms with van der Waals surface area (Å²) in [7, 11) is 1.31. The molecular weight excluding hydrogens is 270 g/mol. The highest BCUT2D eigenvalue weighted by Gasteiger charge is 2.14. The lowest BCUT2D eigenvalue weighted by Crippen LogP contribution is -2.06. The molecule has 0 atom stereocenters. The molecule has 3 nitrogen and oxygen atoms in total. The van der Waals surface area contributed by atoms with Crippen molar-refractivity contribution in [3.63, 3.8) is 0 Å². The minimum atomic E-state index is -0.465. The van der Waals surface area contributed by atoms with Crippen molar-refractivity contribution >= 4 is 21.9 Å². The number of hydrogen-bond donors (Lipinski definition) is 0. The molecule has 4 heteroatoms. The zero-order valence-corrected chi connectivity index (χ0v) is 10.8. The highest BCUT2D eigenvalue weighted by Crippen LogP contribution is 2.20. The molecule has 0 amide bonds. The van der Waals surface area contributed by atoms with Crippen LogP contribution in [0.4, 0.5) is 0 Å². The van der Waals surface area contributed by atoms with Gasteiger partial charge in [0.05, 0.1) is 18.2 Å². The standard InChI is InChI=1S/C12H12BrNO2/c1-3-8-5-11(12(15)16-2)10(7-14)4-9(8)6-13/h4-5H,3,6H2,1-2H3. The topological polar surface area (TPSA) is 50.1 Å². The van der Waals surface area contributed by atoms with E-state index in [0.717, 1.165) is 17.5 Å². The largest absolute Gasteiger partial charge is 0.465 e. The van der Waals surface area contributed by atoms with Crippen LogP contribution in [0.5, 0.6) is 0 Å². The summed E-state index contributed by atoms with van der Waals surface area (Å²) in [5.41, 5.74) is 2.79. The van der Waals surface area contributed by atoms with Gasteiger partial charge < -0.3 is 4.74 Å². The number of alkyl halides is 1. The first-order valence-electron chi connectivity index (χ1n) is 4.88. The predicted octanol–water partition coefficient (Wildman–Crippen LogP) is 2.80. The molecule has 0 fully saturated rings. The van der Waals surface area contributed by atoms with Crippen molar-refractivity contribution in [2.45, 2.75) is 18.7 Å². The van der Waals surface area contributed by atoms with Crippen molar-refractivity contribution in [1.29, 1.82) is 5.26 Å². The third kappa shape index (κ3) is 2.42. The number of ether oxygens (including phenoxy) is 1. The summed E-state index contributed by atoms with van der Waals surface area (Å²) in [6, 6.07) is 5.49. The number of nitrogens with zero attached hydrogens (tertiary/aromatic N) is 1. The Morgan fingerprint density at radius 2 is 2.19 bits per heavy atom. The number of aryl methyl sites for hydroxylation is 1. The molecule has 0 saturated heterocycles. The summed E-state index contributed by atoms with van der Waals surface area (Å²) < 4.78 is 4.65. The Hall–Kier alpha value is -1.34. The zero-order valence-electron chi connectivity index (χ0n) is 9.21. The molecule has 0 aliphatic heterocycles. The number of carbonyl (C=O) groups is 1. The average Bonchev–Trinajstić information content (AvgIpc) is 2.35. The molecule has 0 aliphatic rings. The second kappa shape index (κ2) is 5.66. The van der Waals surface area contributed by atoms with Crippen LogP contribution in [0.25, 0.3) is 0 Å². The van der Waals surface area contributed by atoms with E-state index in [9.17, 15) is 4.79 Å². The first-order chi connectivity index (χ1) is 7.67. The van der Waals surface area contributed by atoms with Crippen LogP contribution >= 0.6 is 15.9 Å². The molecule has 0 saturated carbocycles. The maximum Gasteiger partial charge on any atom is 0.339 e. The second-order valence-electron chi connectivity index (χ2n) is 3.26. The Morgan fingerprint density at radius 1 is 1.50 bits per heavy atom. The fraction of sp³-hybridized carbons (Fsp3) is 0.333. The summed E-state index contributed by atoms with van der Waals surface area (Å²) in [4.78, 5) is 11.5. The molecule has 84 valence electrons. The van der Waals surface area contributed by atoms with Crippen LogP contribution in [0.2, 0.25) is 0 Å². The highest BCUT2D eigenvalue weighted by molar-refractivity contribution is 9.08. The summed E-state index contributed by atoms with van der Waals surface area (Å²) in [5, 5.41) is 9.65. The number of carbonyl (C=O) groups excluding carboxylic acids is 1. The SMILES string of the molecule is CCc1cc(C(=O)OC)c(C#N)cc1CBr. The lowest BCUT2D eigenvalue weighted by Gasteiger charge is -2.09. The van der Waals surface area contributed by atoms with Crippen LogP contribution in [0, 0.1) is 11.3 Å². The van der Waals surface area contributed by atoms with Crippen LogP contribution in [0.3, 0.4) is 0 Å². The Morgan fingerprint density at radius 3 is 2.62 bits per heavy atom. The molecule has 1 aromatic carbocycles. The fourth-order valence-electron chi connectivity index (χ4n) is 1.51. The zero-order chi connectivity index (χ0) is 12.1. The maximum absolute atomic E-state index is 11.5. The van der Waals surface area contributed by atoms with Crippen LogP contribution in [0.1, 0.15) is 34.0 Å². The van der Waals surface area contributed by atoms with Gasteiger partial charge >= 0.3 is 5.97 Å². The Balaban J connectivity index is 3.39. The van der Waals surface area contributed by atoms with Crippen LogP contribution < -0.4 is 0 Å². The van der Waals surface area contributed by atoms with Gasteiger partial charge in [-0.3, -0.25) is 0 Å². The maximum atomic E-state index is 11.5. The summed E-state index contributed by atoms with van der Waals surface area (Å²) in [5.74, 6) is -0.465. The monoisotopic (exact) mass is 281 g/mol. The van der Waals surface area contributed by atoms with E-state index >= 15 is 0 Å².